The number of nitrogens with zero attached hydrogens (tertiary/aromatic N) is 1. The Morgan fingerprint density at radius 2 is 1.87 bits per heavy atom. The van der Waals surface area contributed by atoms with Crippen molar-refractivity contribution >= 4 is 27.0 Å². The van der Waals surface area contributed by atoms with Gasteiger partial charge in [-0.05, 0) is 67.4 Å². The molecule has 0 aliphatic carbocycles. The minimum Gasteiger partial charge on any atom is -0.361 e. The predicted molar refractivity (Wildman–Crippen MR) is 131 cm³/mol. The number of aryl methyl sites for hydroxylation is 1. The molecule has 1 aliphatic heterocycles. The quantitative estimate of drug-likeness (QED) is 0.577. The fourth-order valence-electron chi connectivity index (χ4n) is 3.89. The Hall–Kier alpha value is -2.41. The van der Waals surface area contributed by atoms with Crippen LogP contribution in [0.25, 0.3) is 17.0 Å². The second-order valence-electron chi connectivity index (χ2n) is 7.98. The van der Waals surface area contributed by atoms with Crippen LogP contribution in [0.1, 0.15) is 24.0 Å². The standard InChI is InChI=1S/C15H24N2O2S.C10H9N/c1-16-13-15-7-10-17(11-8-15)20(18,19)12-9-14-5-3-2-4-6-14;1-2-8-3-4-9-5-6-11-10(9)7-8/h2-6,15-16H,7-13H2,1H3;2-7,11H,1H2. The Bertz CT molecular complexity index is 1050. The molecule has 0 atom stereocenters. The molecule has 0 spiro atoms. The molecule has 6 heteroatoms. The summed E-state index contributed by atoms with van der Waals surface area (Å²) in [5.74, 6) is 0.828. The number of aromatic amines is 1. The number of H-pyrrole nitrogens is 1. The molecule has 1 saturated heterocycles. The van der Waals surface area contributed by atoms with Crippen LogP contribution >= 0.6 is 0 Å². The van der Waals surface area contributed by atoms with Crippen molar-refractivity contribution in [3.63, 3.8) is 0 Å². The van der Waals surface area contributed by atoms with E-state index in [9.17, 15) is 8.42 Å². The second-order valence-corrected chi connectivity index (χ2v) is 10.1. The van der Waals surface area contributed by atoms with Gasteiger partial charge in [-0.2, -0.15) is 0 Å². The van der Waals surface area contributed by atoms with Crippen LogP contribution < -0.4 is 5.32 Å². The van der Waals surface area contributed by atoms with Crippen molar-refractivity contribution in [2.24, 2.45) is 5.92 Å². The van der Waals surface area contributed by atoms with E-state index < -0.39 is 10.0 Å². The highest BCUT2D eigenvalue weighted by Gasteiger charge is 2.27. The number of benzene rings is 2. The van der Waals surface area contributed by atoms with Crippen LogP contribution in [0.3, 0.4) is 0 Å². The summed E-state index contributed by atoms with van der Waals surface area (Å²) in [5, 5.41) is 4.42. The third-order valence-electron chi connectivity index (χ3n) is 5.77. The SMILES string of the molecule is C=Cc1ccc2cc[nH]c2c1.CNCC1CCN(S(=O)(=O)CCc2ccccc2)CC1. The van der Waals surface area contributed by atoms with Gasteiger partial charge in [0.1, 0.15) is 0 Å². The molecule has 5 nitrogen and oxygen atoms in total. The third-order valence-corrected chi connectivity index (χ3v) is 7.64. The van der Waals surface area contributed by atoms with Crippen LogP contribution in [0.15, 0.2) is 67.4 Å². The average Bonchev–Trinajstić information content (AvgIpc) is 3.27. The number of hydrogen-bond donors (Lipinski definition) is 2. The van der Waals surface area contributed by atoms with Crippen LogP contribution in [0.2, 0.25) is 0 Å². The van der Waals surface area contributed by atoms with Crippen molar-refractivity contribution in [2.75, 3.05) is 32.4 Å². The highest BCUT2D eigenvalue weighted by molar-refractivity contribution is 7.89. The molecule has 0 saturated carbocycles. The molecule has 1 aliphatic rings. The summed E-state index contributed by atoms with van der Waals surface area (Å²) < 4.78 is 26.3. The number of piperidine rings is 1. The normalized spacial score (nSPS) is 15.4. The molecule has 1 aromatic heterocycles. The van der Waals surface area contributed by atoms with Gasteiger partial charge in [-0.15, -0.1) is 0 Å². The summed E-state index contributed by atoms with van der Waals surface area (Å²) in [4.78, 5) is 3.15. The van der Waals surface area contributed by atoms with Gasteiger partial charge >= 0.3 is 0 Å². The summed E-state index contributed by atoms with van der Waals surface area (Å²) in [6, 6.07) is 18.1. The first-order valence-electron chi connectivity index (χ1n) is 10.9. The average molecular weight is 440 g/mol. The fourth-order valence-corrected chi connectivity index (χ4v) is 5.41. The summed E-state index contributed by atoms with van der Waals surface area (Å²) >= 11 is 0. The molecule has 0 amide bonds. The molecule has 0 bridgehead atoms. The maximum atomic E-state index is 12.3. The first-order valence-corrected chi connectivity index (χ1v) is 12.5. The number of nitrogens with one attached hydrogen (secondary N) is 2. The van der Waals surface area contributed by atoms with E-state index in [4.69, 9.17) is 0 Å². The molecule has 2 heterocycles. The van der Waals surface area contributed by atoms with Crippen molar-refractivity contribution in [1.29, 1.82) is 0 Å². The summed E-state index contributed by atoms with van der Waals surface area (Å²) in [5.41, 5.74) is 3.41. The maximum absolute atomic E-state index is 12.3. The summed E-state index contributed by atoms with van der Waals surface area (Å²) in [6.07, 6.45) is 6.31. The Morgan fingerprint density at radius 1 is 1.13 bits per heavy atom. The smallest absolute Gasteiger partial charge is 0.214 e. The van der Waals surface area contributed by atoms with Crippen LogP contribution in [0.5, 0.6) is 0 Å². The third kappa shape index (κ3) is 6.79. The van der Waals surface area contributed by atoms with Crippen molar-refractivity contribution < 1.29 is 8.42 Å². The van der Waals surface area contributed by atoms with Gasteiger partial charge in [-0.3, -0.25) is 0 Å². The van der Waals surface area contributed by atoms with E-state index in [1.54, 1.807) is 4.31 Å². The van der Waals surface area contributed by atoms with Gasteiger partial charge in [0, 0.05) is 24.8 Å². The minimum absolute atomic E-state index is 0.216. The molecule has 2 aromatic carbocycles. The molecule has 2 N–H and O–H groups in total. The number of hydrogen-bond acceptors (Lipinski definition) is 3. The zero-order valence-corrected chi connectivity index (χ0v) is 19.1. The van der Waals surface area contributed by atoms with E-state index in [0.29, 0.717) is 25.4 Å². The van der Waals surface area contributed by atoms with Crippen molar-refractivity contribution in [3.8, 4) is 0 Å². The van der Waals surface area contributed by atoms with Gasteiger partial charge in [-0.1, -0.05) is 55.1 Å². The van der Waals surface area contributed by atoms with Crippen LogP contribution in [0.4, 0.5) is 0 Å². The molecule has 166 valence electrons. The van der Waals surface area contributed by atoms with Crippen LogP contribution in [0, 0.1) is 5.92 Å². The molecular formula is C25H33N3O2S. The highest BCUT2D eigenvalue weighted by Crippen LogP contribution is 2.19. The second kappa shape index (κ2) is 11.3. The Kier molecular flexibility index (Phi) is 8.46. The summed E-state index contributed by atoms with van der Waals surface area (Å²) in [7, 11) is -1.16. The molecule has 1 fully saturated rings. The zero-order chi connectivity index (χ0) is 22.1. The number of fused-ring (bicyclic) bond motifs is 1. The van der Waals surface area contributed by atoms with E-state index in [1.165, 1.54) is 10.9 Å². The van der Waals surface area contributed by atoms with E-state index in [0.717, 1.165) is 30.5 Å². The number of sulfonamides is 1. The number of aromatic nitrogens is 1. The van der Waals surface area contributed by atoms with Crippen molar-refractivity contribution in [1.82, 2.24) is 14.6 Å². The predicted octanol–water partition coefficient (Wildman–Crippen LogP) is 4.30. The van der Waals surface area contributed by atoms with E-state index >= 15 is 0 Å². The largest absolute Gasteiger partial charge is 0.361 e. The Labute approximate surface area is 186 Å². The first kappa shape index (κ1) is 23.3. The van der Waals surface area contributed by atoms with E-state index in [1.807, 2.05) is 49.7 Å². The lowest BCUT2D eigenvalue weighted by atomic mass is 9.98. The minimum atomic E-state index is -3.11. The molecule has 0 radical (unpaired) electrons. The van der Waals surface area contributed by atoms with Gasteiger partial charge in [0.15, 0.2) is 0 Å². The Balaban J connectivity index is 0.000000207. The van der Waals surface area contributed by atoms with Gasteiger partial charge in [-0.25, -0.2) is 12.7 Å². The van der Waals surface area contributed by atoms with Crippen LogP contribution in [-0.4, -0.2) is 50.1 Å². The first-order chi connectivity index (χ1) is 15.0. The summed E-state index contributed by atoms with van der Waals surface area (Å²) in [6.45, 7) is 6.03. The lowest BCUT2D eigenvalue weighted by Crippen LogP contribution is -2.41. The molecule has 4 rings (SSSR count). The zero-order valence-electron chi connectivity index (χ0n) is 18.3. The number of rotatable bonds is 7. The van der Waals surface area contributed by atoms with E-state index in [-0.39, 0.29) is 5.75 Å². The molecule has 0 unspecified atom stereocenters. The van der Waals surface area contributed by atoms with Crippen molar-refractivity contribution in [3.05, 3.63) is 78.5 Å². The lowest BCUT2D eigenvalue weighted by molar-refractivity contribution is 0.271. The fraction of sp³-hybridized carbons (Fsp3) is 0.360. The Morgan fingerprint density at radius 3 is 2.55 bits per heavy atom. The molecule has 31 heavy (non-hydrogen) atoms. The van der Waals surface area contributed by atoms with Gasteiger partial charge < -0.3 is 10.3 Å². The molecule has 3 aromatic rings. The van der Waals surface area contributed by atoms with Crippen LogP contribution in [-0.2, 0) is 16.4 Å². The topological polar surface area (TPSA) is 65.2 Å². The monoisotopic (exact) mass is 439 g/mol. The lowest BCUT2D eigenvalue weighted by Gasteiger charge is -2.31. The van der Waals surface area contributed by atoms with Gasteiger partial charge in [0.2, 0.25) is 10.0 Å². The highest BCUT2D eigenvalue weighted by atomic mass is 32.2. The van der Waals surface area contributed by atoms with E-state index in [2.05, 4.69) is 41.1 Å². The van der Waals surface area contributed by atoms with Crippen molar-refractivity contribution in [2.45, 2.75) is 19.3 Å². The maximum Gasteiger partial charge on any atom is 0.214 e. The van der Waals surface area contributed by atoms with Gasteiger partial charge in [0.25, 0.3) is 0 Å². The molecular weight excluding hydrogens is 406 g/mol. The van der Waals surface area contributed by atoms with Gasteiger partial charge in [0.05, 0.1) is 5.75 Å².